The first-order valence-electron chi connectivity index (χ1n) is 8.34. The summed E-state index contributed by atoms with van der Waals surface area (Å²) in [6, 6.07) is 6.32. The van der Waals surface area contributed by atoms with E-state index in [0.29, 0.717) is 5.13 Å². The van der Waals surface area contributed by atoms with Gasteiger partial charge in [0.2, 0.25) is 11.8 Å². The normalized spacial score (nSPS) is 19.0. The van der Waals surface area contributed by atoms with Gasteiger partial charge < -0.3 is 10.2 Å². The van der Waals surface area contributed by atoms with E-state index in [1.807, 2.05) is 22.4 Å². The van der Waals surface area contributed by atoms with E-state index < -0.39 is 0 Å². The molecule has 1 aromatic heterocycles. The number of benzene rings is 1. The van der Waals surface area contributed by atoms with Crippen molar-refractivity contribution >= 4 is 45.6 Å². The summed E-state index contributed by atoms with van der Waals surface area (Å²) in [7, 11) is 0. The van der Waals surface area contributed by atoms with Gasteiger partial charge in [-0.1, -0.05) is 6.07 Å². The summed E-state index contributed by atoms with van der Waals surface area (Å²) in [4.78, 5) is 30.3. The molecule has 130 valence electrons. The molecule has 1 fully saturated rings. The number of nitrogens with zero attached hydrogens (tertiary/aromatic N) is 2. The lowest BCUT2D eigenvalue weighted by Gasteiger charge is -2.22. The van der Waals surface area contributed by atoms with Gasteiger partial charge in [0.05, 0.1) is 5.69 Å². The molecule has 0 saturated heterocycles. The molecule has 0 bridgehead atoms. The minimum atomic E-state index is -0.264. The zero-order valence-corrected chi connectivity index (χ0v) is 15.4. The maximum atomic E-state index is 12.5. The molecule has 0 radical (unpaired) electrons. The number of halogens is 1. The summed E-state index contributed by atoms with van der Waals surface area (Å²) in [6.45, 7) is 2.10. The first kappa shape index (κ1) is 16.5. The third-order valence-electron chi connectivity index (χ3n) is 4.63. The van der Waals surface area contributed by atoms with Gasteiger partial charge in [0.25, 0.3) is 0 Å². The van der Waals surface area contributed by atoms with Crippen LogP contribution in [0.25, 0.3) is 11.3 Å². The molecule has 2 aliphatic rings. The van der Waals surface area contributed by atoms with Crippen LogP contribution in [0.4, 0.5) is 10.8 Å². The van der Waals surface area contributed by atoms with Crippen molar-refractivity contribution in [2.24, 2.45) is 5.92 Å². The molecule has 2 amide bonds. The van der Waals surface area contributed by atoms with Crippen molar-refractivity contribution in [3.05, 3.63) is 29.1 Å². The Morgan fingerprint density at radius 1 is 1.40 bits per heavy atom. The lowest BCUT2D eigenvalue weighted by Crippen LogP contribution is -2.36. The quantitative estimate of drug-likeness (QED) is 0.829. The second kappa shape index (κ2) is 6.42. The van der Waals surface area contributed by atoms with Gasteiger partial charge in [0.15, 0.2) is 5.13 Å². The van der Waals surface area contributed by atoms with Gasteiger partial charge in [-0.05, 0) is 43.9 Å². The number of alkyl halides is 1. The van der Waals surface area contributed by atoms with Crippen LogP contribution >= 0.6 is 22.9 Å². The number of thiazole rings is 1. The molecule has 1 aliphatic carbocycles. The van der Waals surface area contributed by atoms with Crippen LogP contribution < -0.4 is 10.2 Å². The number of fused-ring (bicyclic) bond motifs is 1. The predicted molar refractivity (Wildman–Crippen MR) is 100 cm³/mol. The summed E-state index contributed by atoms with van der Waals surface area (Å²) in [5.41, 5.74) is 4.02. The smallest absolute Gasteiger partial charge is 0.241 e. The van der Waals surface area contributed by atoms with Crippen molar-refractivity contribution < 1.29 is 9.59 Å². The number of carbonyl (C=O) groups excluding carboxylic acids is 2. The maximum absolute atomic E-state index is 12.5. The van der Waals surface area contributed by atoms with E-state index in [1.165, 1.54) is 16.9 Å². The molecule has 0 unspecified atom stereocenters. The Bertz CT molecular complexity index is 847. The minimum Gasteiger partial charge on any atom is -0.309 e. The molecule has 5 nitrogen and oxygen atoms in total. The SMILES string of the molecule is C[C@@H]1Cc2cc(-c3csc(NC(=O)CCl)n3)ccc2N1C(=O)C1CC1. The molecule has 1 aliphatic heterocycles. The Balaban J connectivity index is 1.59. The Labute approximate surface area is 155 Å². The third-order valence-corrected chi connectivity index (χ3v) is 5.63. The van der Waals surface area contributed by atoms with Crippen molar-refractivity contribution in [1.29, 1.82) is 0 Å². The van der Waals surface area contributed by atoms with E-state index in [9.17, 15) is 9.59 Å². The second-order valence-corrected chi connectivity index (χ2v) is 7.72. The van der Waals surface area contributed by atoms with E-state index in [4.69, 9.17) is 11.6 Å². The number of rotatable bonds is 4. The molecule has 25 heavy (non-hydrogen) atoms. The van der Waals surface area contributed by atoms with E-state index in [1.54, 1.807) is 0 Å². The summed E-state index contributed by atoms with van der Waals surface area (Å²) in [6.07, 6.45) is 2.90. The highest BCUT2D eigenvalue weighted by atomic mass is 35.5. The number of carbonyl (C=O) groups is 2. The van der Waals surface area contributed by atoms with Crippen LogP contribution in [0.2, 0.25) is 0 Å². The summed E-state index contributed by atoms with van der Waals surface area (Å²) in [5.74, 6) is 0.134. The van der Waals surface area contributed by atoms with Crippen molar-refractivity contribution in [3.63, 3.8) is 0 Å². The molecule has 2 aromatic rings. The Hall–Kier alpha value is -1.92. The first-order valence-corrected chi connectivity index (χ1v) is 9.76. The molecular weight excluding hydrogens is 358 g/mol. The summed E-state index contributed by atoms with van der Waals surface area (Å²) in [5, 5.41) is 5.12. The monoisotopic (exact) mass is 375 g/mol. The Morgan fingerprint density at radius 3 is 2.92 bits per heavy atom. The lowest BCUT2D eigenvalue weighted by molar-refractivity contribution is -0.120. The fourth-order valence-electron chi connectivity index (χ4n) is 3.27. The molecule has 2 heterocycles. The van der Waals surface area contributed by atoms with Gasteiger partial charge in [-0.25, -0.2) is 4.98 Å². The lowest BCUT2D eigenvalue weighted by atomic mass is 10.1. The molecule has 7 heteroatoms. The van der Waals surface area contributed by atoms with Gasteiger partial charge in [0, 0.05) is 28.6 Å². The van der Waals surface area contributed by atoms with E-state index >= 15 is 0 Å². The molecule has 4 rings (SSSR count). The van der Waals surface area contributed by atoms with Crippen LogP contribution in [-0.2, 0) is 16.0 Å². The summed E-state index contributed by atoms with van der Waals surface area (Å²) >= 11 is 6.88. The number of nitrogens with one attached hydrogen (secondary N) is 1. The zero-order chi connectivity index (χ0) is 17.6. The minimum absolute atomic E-state index is 0.0868. The molecule has 0 spiro atoms. The highest BCUT2D eigenvalue weighted by Gasteiger charge is 2.39. The summed E-state index contributed by atoms with van der Waals surface area (Å²) < 4.78 is 0. The van der Waals surface area contributed by atoms with Gasteiger partial charge in [-0.15, -0.1) is 22.9 Å². The van der Waals surface area contributed by atoms with Crippen LogP contribution in [0.3, 0.4) is 0 Å². The van der Waals surface area contributed by atoms with Crippen LogP contribution in [0.5, 0.6) is 0 Å². The van der Waals surface area contributed by atoms with Crippen LogP contribution in [0.1, 0.15) is 25.3 Å². The molecule has 1 atom stereocenters. The standard InChI is InChI=1S/C18H18ClN3O2S/c1-10-6-13-7-12(14-9-25-18(20-14)21-16(23)8-19)4-5-15(13)22(10)17(24)11-2-3-11/h4-5,7,9-11H,2-3,6,8H2,1H3,(H,20,21,23)/t10-/m1/s1. The van der Waals surface area contributed by atoms with E-state index in [-0.39, 0.29) is 29.7 Å². The maximum Gasteiger partial charge on any atom is 0.241 e. The van der Waals surface area contributed by atoms with Gasteiger partial charge in [-0.2, -0.15) is 0 Å². The van der Waals surface area contributed by atoms with E-state index in [2.05, 4.69) is 23.3 Å². The number of hydrogen-bond donors (Lipinski definition) is 1. The predicted octanol–water partition coefficient (Wildman–Crippen LogP) is 3.68. The highest BCUT2D eigenvalue weighted by molar-refractivity contribution is 7.14. The fourth-order valence-corrected chi connectivity index (χ4v) is 4.07. The second-order valence-electron chi connectivity index (χ2n) is 6.60. The number of amides is 2. The average molecular weight is 376 g/mol. The van der Waals surface area contributed by atoms with Crippen molar-refractivity contribution in [2.75, 3.05) is 16.1 Å². The van der Waals surface area contributed by atoms with Crippen LogP contribution in [0, 0.1) is 5.92 Å². The average Bonchev–Trinajstić information content (AvgIpc) is 3.26. The van der Waals surface area contributed by atoms with Crippen molar-refractivity contribution in [2.45, 2.75) is 32.2 Å². The first-order chi connectivity index (χ1) is 12.1. The van der Waals surface area contributed by atoms with Gasteiger partial charge in [-0.3, -0.25) is 9.59 Å². The van der Waals surface area contributed by atoms with Crippen molar-refractivity contribution in [1.82, 2.24) is 4.98 Å². The number of hydrogen-bond acceptors (Lipinski definition) is 4. The highest BCUT2D eigenvalue weighted by Crippen LogP contribution is 2.40. The van der Waals surface area contributed by atoms with Gasteiger partial charge in [0.1, 0.15) is 5.88 Å². The van der Waals surface area contributed by atoms with Gasteiger partial charge >= 0.3 is 0 Å². The van der Waals surface area contributed by atoms with Crippen molar-refractivity contribution in [3.8, 4) is 11.3 Å². The molecule has 1 aromatic carbocycles. The zero-order valence-electron chi connectivity index (χ0n) is 13.8. The topological polar surface area (TPSA) is 62.3 Å². The number of aromatic nitrogens is 1. The Morgan fingerprint density at radius 2 is 2.20 bits per heavy atom. The van der Waals surface area contributed by atoms with Crippen LogP contribution in [0.15, 0.2) is 23.6 Å². The molecule has 1 N–H and O–H groups in total. The molecular formula is C18H18ClN3O2S. The molecule has 1 saturated carbocycles. The Kier molecular flexibility index (Phi) is 4.25. The largest absolute Gasteiger partial charge is 0.309 e. The fraction of sp³-hybridized carbons (Fsp3) is 0.389. The van der Waals surface area contributed by atoms with Crippen LogP contribution in [-0.4, -0.2) is 28.7 Å². The number of anilines is 2. The third kappa shape index (κ3) is 3.16. The van der Waals surface area contributed by atoms with E-state index in [0.717, 1.165) is 36.2 Å².